The fourth-order valence-corrected chi connectivity index (χ4v) is 3.94. The maximum atomic E-state index is 13.0. The molecule has 2 aromatic heterocycles. The molecule has 1 aliphatic heterocycles. The number of carboxylic acid groups (broad SMARTS) is 1. The average Bonchev–Trinajstić information content (AvgIpc) is 3.32. The molecule has 0 saturated carbocycles. The minimum absolute atomic E-state index is 0.187. The first kappa shape index (κ1) is 18.9. The first-order valence-corrected chi connectivity index (χ1v) is 9.51. The van der Waals surface area contributed by atoms with Crippen molar-refractivity contribution in [1.82, 2.24) is 19.7 Å². The van der Waals surface area contributed by atoms with Gasteiger partial charge in [0.25, 0.3) is 5.91 Å². The monoisotopic (exact) mass is 390 g/mol. The highest BCUT2D eigenvalue weighted by molar-refractivity contribution is 5.94. The Morgan fingerprint density at radius 2 is 1.83 bits per heavy atom. The zero-order valence-electron chi connectivity index (χ0n) is 16.3. The third-order valence-corrected chi connectivity index (χ3v) is 5.37. The molecule has 3 heterocycles. The van der Waals surface area contributed by atoms with Gasteiger partial charge in [-0.1, -0.05) is 30.3 Å². The summed E-state index contributed by atoms with van der Waals surface area (Å²) in [5.74, 6) is -1.30. The summed E-state index contributed by atoms with van der Waals surface area (Å²) in [7, 11) is 0. The second-order valence-electron chi connectivity index (χ2n) is 7.42. The van der Waals surface area contributed by atoms with Crippen LogP contribution in [0.15, 0.2) is 54.7 Å². The normalized spacial score (nSPS) is 18.8. The molecule has 4 rings (SSSR count). The maximum absolute atomic E-state index is 13.0. The molecular weight excluding hydrogens is 368 g/mol. The number of nitrogens with zero attached hydrogens (tertiary/aromatic N) is 4. The lowest BCUT2D eigenvalue weighted by molar-refractivity contribution is -0.141. The predicted octanol–water partition coefficient (Wildman–Crippen LogP) is 2.82. The van der Waals surface area contributed by atoms with Gasteiger partial charge in [0.2, 0.25) is 0 Å². The van der Waals surface area contributed by atoms with E-state index >= 15 is 0 Å². The van der Waals surface area contributed by atoms with E-state index in [1.165, 1.54) is 6.20 Å². The molecule has 1 amide bonds. The predicted molar refractivity (Wildman–Crippen MR) is 107 cm³/mol. The second kappa shape index (κ2) is 7.50. The van der Waals surface area contributed by atoms with Gasteiger partial charge in [-0.15, -0.1) is 0 Å². The molecule has 7 nitrogen and oxygen atoms in total. The summed E-state index contributed by atoms with van der Waals surface area (Å²) in [5, 5.41) is 14.0. The number of rotatable bonds is 4. The Morgan fingerprint density at radius 1 is 1.07 bits per heavy atom. The lowest BCUT2D eigenvalue weighted by atomic mass is 9.89. The van der Waals surface area contributed by atoms with Crippen LogP contribution in [0.4, 0.5) is 0 Å². The number of likely N-dealkylation sites (tertiary alicyclic amines) is 1. The van der Waals surface area contributed by atoms with E-state index in [0.29, 0.717) is 17.9 Å². The van der Waals surface area contributed by atoms with Gasteiger partial charge in [0.05, 0.1) is 17.2 Å². The average molecular weight is 390 g/mol. The summed E-state index contributed by atoms with van der Waals surface area (Å²) < 4.78 is 1.73. The topological polar surface area (TPSA) is 88.3 Å². The Labute approximate surface area is 168 Å². The van der Waals surface area contributed by atoms with Gasteiger partial charge >= 0.3 is 5.97 Å². The Morgan fingerprint density at radius 3 is 2.41 bits per heavy atom. The molecule has 0 spiro atoms. The molecule has 0 unspecified atom stereocenters. The molecule has 0 bridgehead atoms. The number of amides is 1. The van der Waals surface area contributed by atoms with Crippen molar-refractivity contribution in [2.45, 2.75) is 19.8 Å². The Kier molecular flexibility index (Phi) is 4.88. The van der Waals surface area contributed by atoms with Crippen LogP contribution in [0.1, 0.15) is 33.2 Å². The first-order valence-electron chi connectivity index (χ1n) is 9.51. The van der Waals surface area contributed by atoms with Crippen LogP contribution < -0.4 is 0 Å². The zero-order chi connectivity index (χ0) is 20.5. The van der Waals surface area contributed by atoms with E-state index in [1.807, 2.05) is 50.2 Å². The number of carbonyl (C=O) groups excluding carboxylic acids is 1. The van der Waals surface area contributed by atoms with E-state index in [-0.39, 0.29) is 18.4 Å². The molecule has 1 aromatic carbocycles. The number of aromatic nitrogens is 3. The largest absolute Gasteiger partial charge is 0.481 e. The number of carboxylic acids is 1. The van der Waals surface area contributed by atoms with Crippen molar-refractivity contribution < 1.29 is 14.7 Å². The van der Waals surface area contributed by atoms with Gasteiger partial charge in [0.15, 0.2) is 5.82 Å². The number of hydrogen-bond acceptors (Lipinski definition) is 4. The maximum Gasteiger partial charge on any atom is 0.308 e. The fraction of sp³-hybridized carbons (Fsp3) is 0.273. The molecule has 0 radical (unpaired) electrons. The van der Waals surface area contributed by atoms with Crippen molar-refractivity contribution in [3.63, 3.8) is 0 Å². The van der Waals surface area contributed by atoms with Crippen LogP contribution in [0.3, 0.4) is 0 Å². The summed E-state index contributed by atoms with van der Waals surface area (Å²) in [5.41, 5.74) is 3.23. The molecule has 3 aromatic rings. The van der Waals surface area contributed by atoms with Crippen LogP contribution in [-0.4, -0.2) is 49.7 Å². The van der Waals surface area contributed by atoms with E-state index in [0.717, 1.165) is 17.0 Å². The molecular formula is C22H22N4O3. The van der Waals surface area contributed by atoms with Crippen molar-refractivity contribution in [2.24, 2.45) is 5.92 Å². The van der Waals surface area contributed by atoms with Crippen molar-refractivity contribution >= 4 is 11.9 Å². The van der Waals surface area contributed by atoms with Crippen molar-refractivity contribution in [2.75, 3.05) is 13.1 Å². The molecule has 2 atom stereocenters. The second-order valence-corrected chi connectivity index (χ2v) is 7.42. The summed E-state index contributed by atoms with van der Waals surface area (Å²) in [6, 6.07) is 14.9. The van der Waals surface area contributed by atoms with Crippen LogP contribution in [0, 0.1) is 19.8 Å². The summed E-state index contributed by atoms with van der Waals surface area (Å²) >= 11 is 0. The lowest BCUT2D eigenvalue weighted by Gasteiger charge is -2.16. The SMILES string of the molecule is Cc1cc(C)n(-c2ccc(C(=O)N3C[C@H](C(=O)O)[C@H](c4ccccc4)C3)cn2)n1. The molecule has 1 saturated heterocycles. The number of pyridine rings is 1. The smallest absolute Gasteiger partial charge is 0.308 e. The highest BCUT2D eigenvalue weighted by Gasteiger charge is 2.40. The van der Waals surface area contributed by atoms with Gasteiger partial charge < -0.3 is 10.0 Å². The third-order valence-electron chi connectivity index (χ3n) is 5.37. The van der Waals surface area contributed by atoms with Crippen LogP contribution in [0.2, 0.25) is 0 Å². The Bertz CT molecular complexity index is 1040. The highest BCUT2D eigenvalue weighted by Crippen LogP contribution is 2.33. The molecule has 7 heteroatoms. The molecule has 1 fully saturated rings. The van der Waals surface area contributed by atoms with E-state index < -0.39 is 11.9 Å². The quantitative estimate of drug-likeness (QED) is 0.740. The van der Waals surface area contributed by atoms with Gasteiger partial charge in [0, 0.05) is 30.9 Å². The highest BCUT2D eigenvalue weighted by atomic mass is 16.4. The molecule has 29 heavy (non-hydrogen) atoms. The lowest BCUT2D eigenvalue weighted by Crippen LogP contribution is -2.30. The molecule has 1 aliphatic rings. The van der Waals surface area contributed by atoms with Gasteiger partial charge in [-0.05, 0) is 37.6 Å². The minimum Gasteiger partial charge on any atom is -0.481 e. The van der Waals surface area contributed by atoms with Crippen molar-refractivity contribution in [1.29, 1.82) is 0 Å². The zero-order valence-corrected chi connectivity index (χ0v) is 16.3. The van der Waals surface area contributed by atoms with Crippen LogP contribution in [-0.2, 0) is 4.79 Å². The Balaban J connectivity index is 1.55. The minimum atomic E-state index is -0.882. The van der Waals surface area contributed by atoms with Crippen molar-refractivity contribution in [3.05, 3.63) is 77.2 Å². The van der Waals surface area contributed by atoms with Crippen molar-refractivity contribution in [3.8, 4) is 5.82 Å². The third kappa shape index (κ3) is 3.63. The van der Waals surface area contributed by atoms with Gasteiger partial charge in [-0.25, -0.2) is 9.67 Å². The van der Waals surface area contributed by atoms with Gasteiger partial charge in [-0.2, -0.15) is 5.10 Å². The van der Waals surface area contributed by atoms with E-state index in [1.54, 1.807) is 21.7 Å². The van der Waals surface area contributed by atoms with Crippen LogP contribution in [0.25, 0.3) is 5.82 Å². The molecule has 1 N–H and O–H groups in total. The Hall–Kier alpha value is -3.48. The number of benzene rings is 1. The number of carbonyl (C=O) groups is 2. The van der Waals surface area contributed by atoms with E-state index in [2.05, 4.69) is 10.1 Å². The van der Waals surface area contributed by atoms with Crippen LogP contribution in [0.5, 0.6) is 0 Å². The first-order chi connectivity index (χ1) is 13.9. The van der Waals surface area contributed by atoms with E-state index in [9.17, 15) is 14.7 Å². The number of aryl methyl sites for hydroxylation is 2. The number of aliphatic carboxylic acids is 1. The van der Waals surface area contributed by atoms with Gasteiger partial charge in [-0.3, -0.25) is 9.59 Å². The van der Waals surface area contributed by atoms with Gasteiger partial charge in [0.1, 0.15) is 0 Å². The van der Waals surface area contributed by atoms with E-state index in [4.69, 9.17) is 0 Å². The molecule has 148 valence electrons. The van der Waals surface area contributed by atoms with Crippen LogP contribution >= 0.6 is 0 Å². The summed E-state index contributed by atoms with van der Waals surface area (Å²) in [6.45, 7) is 4.42. The fourth-order valence-electron chi connectivity index (χ4n) is 3.94. The summed E-state index contributed by atoms with van der Waals surface area (Å²) in [4.78, 5) is 30.7. The number of hydrogen-bond donors (Lipinski definition) is 1. The standard InChI is InChI=1S/C22H22N4O3/c1-14-10-15(2)26(24-14)20-9-8-17(11-23-20)21(27)25-12-18(19(13-25)22(28)29)16-6-4-3-5-7-16/h3-11,18-19H,12-13H2,1-2H3,(H,28,29)/t18-,19-/m0/s1. The summed E-state index contributed by atoms with van der Waals surface area (Å²) in [6.07, 6.45) is 1.53. The molecule has 0 aliphatic carbocycles.